The zero-order chi connectivity index (χ0) is 15.3. The van der Waals surface area contributed by atoms with Gasteiger partial charge in [0.1, 0.15) is 5.82 Å². The molecule has 0 bridgehead atoms. The summed E-state index contributed by atoms with van der Waals surface area (Å²) in [6.45, 7) is 1.81. The van der Waals surface area contributed by atoms with Crippen LogP contribution in [0, 0.1) is 5.82 Å². The number of nitrogens with zero attached hydrogens (tertiary/aromatic N) is 1. The number of carbonyl (C=O) groups excluding carboxylic acids is 1. The van der Waals surface area contributed by atoms with Crippen LogP contribution in [0.1, 0.15) is 12.5 Å². The molecule has 1 rings (SSSR count). The van der Waals surface area contributed by atoms with Gasteiger partial charge in [-0.1, -0.05) is 0 Å². The summed E-state index contributed by atoms with van der Waals surface area (Å²) in [6, 6.07) is 3.33. The number of hydrogen-bond donors (Lipinski definition) is 2. The minimum Gasteiger partial charge on any atom is -0.345 e. The summed E-state index contributed by atoms with van der Waals surface area (Å²) in [5.74, 6) is -0.912. The van der Waals surface area contributed by atoms with Crippen LogP contribution < -0.4 is 10.5 Å². The SMILES string of the molecule is CCN(C)C(=O)CNS(=O)(=O)c1ccc(F)c(CN)c1. The molecule has 0 saturated carbocycles. The molecule has 0 fully saturated rings. The molecule has 0 aromatic heterocycles. The fraction of sp³-hybridized carbons (Fsp3) is 0.417. The van der Waals surface area contributed by atoms with Gasteiger partial charge >= 0.3 is 0 Å². The molecule has 112 valence electrons. The fourth-order valence-corrected chi connectivity index (χ4v) is 2.45. The molecule has 6 nitrogen and oxygen atoms in total. The number of nitrogens with two attached hydrogens (primary N) is 1. The van der Waals surface area contributed by atoms with Crippen LogP contribution in [0.2, 0.25) is 0 Å². The van der Waals surface area contributed by atoms with E-state index in [9.17, 15) is 17.6 Å². The lowest BCUT2D eigenvalue weighted by molar-refractivity contribution is -0.128. The molecular formula is C12H18FN3O3S. The third-order valence-electron chi connectivity index (χ3n) is 2.86. The summed E-state index contributed by atoms with van der Waals surface area (Å²) in [5, 5.41) is 0. The van der Waals surface area contributed by atoms with Crippen LogP contribution in [0.15, 0.2) is 23.1 Å². The Hall–Kier alpha value is -1.51. The molecule has 0 radical (unpaired) electrons. The summed E-state index contributed by atoms with van der Waals surface area (Å²) in [7, 11) is -2.30. The van der Waals surface area contributed by atoms with Crippen LogP contribution in [0.4, 0.5) is 4.39 Å². The van der Waals surface area contributed by atoms with Crippen LogP contribution in [-0.2, 0) is 21.4 Å². The van der Waals surface area contributed by atoms with E-state index in [-0.39, 0.29) is 29.5 Å². The zero-order valence-corrected chi connectivity index (χ0v) is 12.2. The highest BCUT2D eigenvalue weighted by Gasteiger charge is 2.18. The molecule has 0 atom stereocenters. The van der Waals surface area contributed by atoms with Crippen molar-refractivity contribution in [3.05, 3.63) is 29.6 Å². The van der Waals surface area contributed by atoms with Gasteiger partial charge in [0.15, 0.2) is 0 Å². The minimum atomic E-state index is -3.87. The van der Waals surface area contributed by atoms with Crippen molar-refractivity contribution >= 4 is 15.9 Å². The molecule has 0 aliphatic rings. The molecule has 0 spiro atoms. The number of hydrogen-bond acceptors (Lipinski definition) is 4. The summed E-state index contributed by atoms with van der Waals surface area (Å²) in [4.78, 5) is 12.8. The fourth-order valence-electron chi connectivity index (χ4n) is 1.43. The van der Waals surface area contributed by atoms with Gasteiger partial charge in [-0.2, -0.15) is 0 Å². The quantitative estimate of drug-likeness (QED) is 0.776. The van der Waals surface area contributed by atoms with Crippen molar-refractivity contribution in [3.63, 3.8) is 0 Å². The van der Waals surface area contributed by atoms with E-state index in [2.05, 4.69) is 4.72 Å². The highest BCUT2D eigenvalue weighted by Crippen LogP contribution is 2.14. The highest BCUT2D eigenvalue weighted by atomic mass is 32.2. The molecule has 0 aliphatic carbocycles. The third kappa shape index (κ3) is 3.99. The van der Waals surface area contributed by atoms with Crippen LogP contribution in [0.25, 0.3) is 0 Å². The lowest BCUT2D eigenvalue weighted by Gasteiger charge is -2.15. The van der Waals surface area contributed by atoms with Gasteiger partial charge in [-0.05, 0) is 25.1 Å². The number of amides is 1. The Kier molecular flexibility index (Phi) is 5.61. The van der Waals surface area contributed by atoms with Gasteiger partial charge in [0, 0.05) is 25.7 Å². The number of carbonyl (C=O) groups is 1. The van der Waals surface area contributed by atoms with Gasteiger partial charge in [0.25, 0.3) is 0 Å². The standard InChI is InChI=1S/C12H18FN3O3S/c1-3-16(2)12(17)8-15-20(18,19)10-4-5-11(13)9(6-10)7-14/h4-6,15H,3,7-8,14H2,1-2H3. The summed E-state index contributed by atoms with van der Waals surface area (Å²) in [5.41, 5.74) is 5.43. The van der Waals surface area contributed by atoms with Crippen molar-refractivity contribution in [2.45, 2.75) is 18.4 Å². The Labute approximate surface area is 117 Å². The Morgan fingerprint density at radius 2 is 2.10 bits per heavy atom. The lowest BCUT2D eigenvalue weighted by atomic mass is 10.2. The average Bonchev–Trinajstić information content (AvgIpc) is 2.44. The first-order valence-corrected chi connectivity index (χ1v) is 7.52. The number of sulfonamides is 1. The van der Waals surface area contributed by atoms with Gasteiger partial charge in [-0.3, -0.25) is 4.79 Å². The third-order valence-corrected chi connectivity index (χ3v) is 4.26. The first-order valence-electron chi connectivity index (χ1n) is 6.04. The van der Waals surface area contributed by atoms with Crippen LogP contribution in [-0.4, -0.2) is 39.4 Å². The first kappa shape index (κ1) is 16.5. The van der Waals surface area contributed by atoms with E-state index < -0.39 is 15.8 Å². The van der Waals surface area contributed by atoms with Crippen molar-refractivity contribution in [2.75, 3.05) is 20.1 Å². The number of rotatable bonds is 6. The predicted molar refractivity (Wildman–Crippen MR) is 72.8 cm³/mol. The van der Waals surface area contributed by atoms with E-state index in [1.165, 1.54) is 4.90 Å². The van der Waals surface area contributed by atoms with Crippen molar-refractivity contribution < 1.29 is 17.6 Å². The van der Waals surface area contributed by atoms with E-state index in [1.807, 2.05) is 0 Å². The maximum atomic E-state index is 13.3. The second kappa shape index (κ2) is 6.78. The predicted octanol–water partition coefficient (Wildman–Crippen LogP) is 0.0410. The summed E-state index contributed by atoms with van der Waals surface area (Å²) in [6.07, 6.45) is 0. The molecular weight excluding hydrogens is 285 g/mol. The summed E-state index contributed by atoms with van der Waals surface area (Å²) >= 11 is 0. The van der Waals surface area contributed by atoms with E-state index in [0.29, 0.717) is 6.54 Å². The molecule has 0 heterocycles. The highest BCUT2D eigenvalue weighted by molar-refractivity contribution is 7.89. The molecule has 20 heavy (non-hydrogen) atoms. The van der Waals surface area contributed by atoms with Crippen molar-refractivity contribution in [2.24, 2.45) is 5.73 Å². The van der Waals surface area contributed by atoms with E-state index in [0.717, 1.165) is 18.2 Å². The number of nitrogens with one attached hydrogen (secondary N) is 1. The minimum absolute atomic E-state index is 0.102. The van der Waals surface area contributed by atoms with E-state index in [1.54, 1.807) is 14.0 Å². The van der Waals surface area contributed by atoms with Gasteiger partial charge < -0.3 is 10.6 Å². The first-order chi connectivity index (χ1) is 9.31. The zero-order valence-electron chi connectivity index (χ0n) is 11.4. The van der Waals surface area contributed by atoms with Crippen LogP contribution in [0.3, 0.4) is 0 Å². The van der Waals surface area contributed by atoms with Crippen LogP contribution in [0.5, 0.6) is 0 Å². The molecule has 0 saturated heterocycles. The maximum absolute atomic E-state index is 13.3. The molecule has 1 aromatic carbocycles. The second-order valence-corrected chi connectivity index (χ2v) is 5.96. The van der Waals surface area contributed by atoms with Gasteiger partial charge in [0.05, 0.1) is 11.4 Å². The van der Waals surface area contributed by atoms with Crippen LogP contribution >= 0.6 is 0 Å². The van der Waals surface area contributed by atoms with E-state index >= 15 is 0 Å². The topological polar surface area (TPSA) is 92.5 Å². The number of benzene rings is 1. The molecule has 1 aromatic rings. The number of likely N-dealkylation sites (N-methyl/N-ethyl adjacent to an activating group) is 1. The normalized spacial score (nSPS) is 11.4. The molecule has 8 heteroatoms. The molecule has 0 unspecified atom stereocenters. The Morgan fingerprint density at radius 1 is 1.45 bits per heavy atom. The van der Waals surface area contributed by atoms with Gasteiger partial charge in [-0.15, -0.1) is 0 Å². The molecule has 3 N–H and O–H groups in total. The Morgan fingerprint density at radius 3 is 2.65 bits per heavy atom. The smallest absolute Gasteiger partial charge is 0.241 e. The van der Waals surface area contributed by atoms with Crippen molar-refractivity contribution in [3.8, 4) is 0 Å². The van der Waals surface area contributed by atoms with Gasteiger partial charge in [0.2, 0.25) is 15.9 Å². The Balaban J connectivity index is 2.87. The van der Waals surface area contributed by atoms with E-state index in [4.69, 9.17) is 5.73 Å². The van der Waals surface area contributed by atoms with Crippen molar-refractivity contribution in [1.29, 1.82) is 0 Å². The van der Waals surface area contributed by atoms with Crippen molar-refractivity contribution in [1.82, 2.24) is 9.62 Å². The molecule has 1 amide bonds. The van der Waals surface area contributed by atoms with Gasteiger partial charge in [-0.25, -0.2) is 17.5 Å². The average molecular weight is 303 g/mol. The lowest BCUT2D eigenvalue weighted by Crippen LogP contribution is -2.38. The second-order valence-electron chi connectivity index (χ2n) is 4.19. The molecule has 0 aliphatic heterocycles. The number of halogens is 1. The largest absolute Gasteiger partial charge is 0.345 e. The summed E-state index contributed by atoms with van der Waals surface area (Å²) < 4.78 is 39.4. The Bertz CT molecular complexity index is 590. The maximum Gasteiger partial charge on any atom is 0.241 e. The monoisotopic (exact) mass is 303 g/mol.